The van der Waals surface area contributed by atoms with Gasteiger partial charge >= 0.3 is 0 Å². The molecule has 1 saturated heterocycles. The average Bonchev–Trinajstić information content (AvgIpc) is 2.79. The number of likely N-dealkylation sites (tertiary alicyclic amines) is 1. The van der Waals surface area contributed by atoms with E-state index in [1.165, 1.54) is 4.90 Å². The highest BCUT2D eigenvalue weighted by Gasteiger charge is 2.35. The van der Waals surface area contributed by atoms with Crippen molar-refractivity contribution in [2.45, 2.75) is 32.1 Å². The Morgan fingerprint density at radius 2 is 1.73 bits per heavy atom. The minimum atomic E-state index is -0.0383. The van der Waals surface area contributed by atoms with Crippen LogP contribution in [0, 0.1) is 11.8 Å². The van der Waals surface area contributed by atoms with Gasteiger partial charge in [-0.25, -0.2) is 0 Å². The van der Waals surface area contributed by atoms with Crippen LogP contribution in [0.15, 0.2) is 0 Å². The van der Waals surface area contributed by atoms with Crippen molar-refractivity contribution in [3.8, 4) is 0 Å². The van der Waals surface area contributed by atoms with Crippen LogP contribution in [0.1, 0.15) is 32.1 Å². The monoisotopic (exact) mass is 211 g/mol. The molecule has 0 bridgehead atoms. The molecule has 2 fully saturated rings. The molecule has 84 valence electrons. The highest BCUT2D eigenvalue weighted by molar-refractivity contribution is 6.01. The van der Waals surface area contributed by atoms with Crippen LogP contribution in [0.2, 0.25) is 0 Å². The molecule has 0 aromatic rings. The lowest BCUT2D eigenvalue weighted by Crippen LogP contribution is -2.35. The summed E-state index contributed by atoms with van der Waals surface area (Å²) in [6.45, 7) is 0.712. The first kappa shape index (κ1) is 10.6. The van der Waals surface area contributed by atoms with E-state index >= 15 is 0 Å². The standard InChI is InChI=1S/C11H17NO3/c13-7-9-3-1-2-8(9)6-12-10(14)4-5-11(12)15/h8-9,13H,1-7H2. The lowest BCUT2D eigenvalue weighted by molar-refractivity contribution is -0.139. The maximum absolute atomic E-state index is 11.4. The molecule has 0 radical (unpaired) electrons. The van der Waals surface area contributed by atoms with Crippen LogP contribution in [0.25, 0.3) is 0 Å². The minimum Gasteiger partial charge on any atom is -0.396 e. The van der Waals surface area contributed by atoms with Crippen LogP contribution in [0.5, 0.6) is 0 Å². The first-order valence-electron chi connectivity index (χ1n) is 5.66. The van der Waals surface area contributed by atoms with Gasteiger partial charge in [-0.1, -0.05) is 6.42 Å². The molecule has 2 atom stereocenters. The summed E-state index contributed by atoms with van der Waals surface area (Å²) in [5.41, 5.74) is 0. The Hall–Kier alpha value is -0.900. The van der Waals surface area contributed by atoms with Crippen molar-refractivity contribution >= 4 is 11.8 Å². The summed E-state index contributed by atoms with van der Waals surface area (Å²) < 4.78 is 0. The summed E-state index contributed by atoms with van der Waals surface area (Å²) in [5, 5.41) is 9.15. The van der Waals surface area contributed by atoms with Crippen molar-refractivity contribution in [3.05, 3.63) is 0 Å². The van der Waals surface area contributed by atoms with Crippen molar-refractivity contribution < 1.29 is 14.7 Å². The molecule has 1 heterocycles. The largest absolute Gasteiger partial charge is 0.396 e. The molecular weight excluding hydrogens is 194 g/mol. The molecule has 15 heavy (non-hydrogen) atoms. The number of imide groups is 1. The highest BCUT2D eigenvalue weighted by atomic mass is 16.3. The summed E-state index contributed by atoms with van der Waals surface area (Å²) in [7, 11) is 0. The number of carbonyl (C=O) groups is 2. The molecule has 2 rings (SSSR count). The average molecular weight is 211 g/mol. The third-order valence-corrected chi connectivity index (χ3v) is 3.62. The van der Waals surface area contributed by atoms with E-state index in [4.69, 9.17) is 5.11 Å². The predicted octanol–water partition coefficient (Wildman–Crippen LogP) is 0.544. The Kier molecular flexibility index (Phi) is 3.05. The van der Waals surface area contributed by atoms with Gasteiger partial charge in [-0.05, 0) is 24.7 Å². The predicted molar refractivity (Wildman–Crippen MR) is 53.9 cm³/mol. The Labute approximate surface area is 89.3 Å². The second-order valence-electron chi connectivity index (χ2n) is 4.53. The SMILES string of the molecule is O=C1CCC(=O)N1CC1CCCC1CO. The third kappa shape index (κ3) is 2.04. The van der Waals surface area contributed by atoms with Crippen LogP contribution in [-0.2, 0) is 9.59 Å². The molecule has 4 heteroatoms. The lowest BCUT2D eigenvalue weighted by Gasteiger charge is -2.22. The van der Waals surface area contributed by atoms with E-state index in [9.17, 15) is 9.59 Å². The van der Waals surface area contributed by atoms with Gasteiger partial charge < -0.3 is 5.11 Å². The zero-order valence-electron chi connectivity index (χ0n) is 8.82. The summed E-state index contributed by atoms with van der Waals surface area (Å²) in [4.78, 5) is 24.2. The molecule has 2 amide bonds. The van der Waals surface area contributed by atoms with Crippen molar-refractivity contribution in [2.75, 3.05) is 13.2 Å². The van der Waals surface area contributed by atoms with Crippen LogP contribution in [0.4, 0.5) is 0 Å². The molecule has 2 aliphatic rings. The van der Waals surface area contributed by atoms with Gasteiger partial charge in [-0.2, -0.15) is 0 Å². The fourth-order valence-electron chi connectivity index (χ4n) is 2.66. The van der Waals surface area contributed by atoms with E-state index in [1.807, 2.05) is 0 Å². The van der Waals surface area contributed by atoms with Crippen molar-refractivity contribution in [1.82, 2.24) is 4.90 Å². The summed E-state index contributed by atoms with van der Waals surface area (Å²) in [6, 6.07) is 0. The number of hydrogen-bond acceptors (Lipinski definition) is 3. The van der Waals surface area contributed by atoms with Gasteiger partial charge in [0.2, 0.25) is 11.8 Å². The Balaban J connectivity index is 1.95. The molecule has 0 aromatic carbocycles. The molecule has 4 nitrogen and oxygen atoms in total. The number of hydrogen-bond donors (Lipinski definition) is 1. The van der Waals surface area contributed by atoms with Gasteiger partial charge in [0.05, 0.1) is 0 Å². The maximum atomic E-state index is 11.4. The van der Waals surface area contributed by atoms with Gasteiger partial charge in [0.25, 0.3) is 0 Å². The van der Waals surface area contributed by atoms with Crippen molar-refractivity contribution in [2.24, 2.45) is 11.8 Å². The Morgan fingerprint density at radius 1 is 1.13 bits per heavy atom. The highest BCUT2D eigenvalue weighted by Crippen LogP contribution is 2.32. The Bertz CT molecular complexity index is 261. The number of amides is 2. The molecule has 0 spiro atoms. The van der Waals surface area contributed by atoms with Gasteiger partial charge in [0.15, 0.2) is 0 Å². The zero-order valence-corrected chi connectivity index (χ0v) is 8.82. The molecular formula is C11H17NO3. The van der Waals surface area contributed by atoms with Crippen LogP contribution in [-0.4, -0.2) is 35.0 Å². The summed E-state index contributed by atoms with van der Waals surface area (Å²) >= 11 is 0. The Morgan fingerprint density at radius 3 is 2.33 bits per heavy atom. The topological polar surface area (TPSA) is 57.6 Å². The number of rotatable bonds is 3. The second-order valence-corrected chi connectivity index (χ2v) is 4.53. The van der Waals surface area contributed by atoms with Crippen LogP contribution >= 0.6 is 0 Å². The van der Waals surface area contributed by atoms with Gasteiger partial charge in [0.1, 0.15) is 0 Å². The number of carbonyl (C=O) groups excluding carboxylic acids is 2. The number of aliphatic hydroxyl groups excluding tert-OH is 1. The van der Waals surface area contributed by atoms with Crippen LogP contribution < -0.4 is 0 Å². The molecule has 0 aromatic heterocycles. The minimum absolute atomic E-state index is 0.0383. The van der Waals surface area contributed by atoms with E-state index in [0.717, 1.165) is 19.3 Å². The van der Waals surface area contributed by atoms with Gasteiger partial charge in [0, 0.05) is 26.0 Å². The molecule has 1 aliphatic heterocycles. The second kappa shape index (κ2) is 4.31. The first-order chi connectivity index (χ1) is 7.22. The molecule has 2 unspecified atom stereocenters. The quantitative estimate of drug-likeness (QED) is 0.693. The third-order valence-electron chi connectivity index (χ3n) is 3.62. The first-order valence-corrected chi connectivity index (χ1v) is 5.66. The van der Waals surface area contributed by atoms with E-state index in [2.05, 4.69) is 0 Å². The maximum Gasteiger partial charge on any atom is 0.229 e. The fourth-order valence-corrected chi connectivity index (χ4v) is 2.66. The van der Waals surface area contributed by atoms with E-state index < -0.39 is 0 Å². The molecule has 1 aliphatic carbocycles. The summed E-state index contributed by atoms with van der Waals surface area (Å²) in [5.74, 6) is 0.527. The van der Waals surface area contributed by atoms with E-state index in [-0.39, 0.29) is 24.3 Å². The number of aliphatic hydroxyl groups is 1. The van der Waals surface area contributed by atoms with Crippen molar-refractivity contribution in [3.63, 3.8) is 0 Å². The molecule has 1 N–H and O–H groups in total. The van der Waals surface area contributed by atoms with Gasteiger partial charge in [-0.3, -0.25) is 14.5 Å². The lowest BCUT2D eigenvalue weighted by atomic mass is 9.96. The van der Waals surface area contributed by atoms with E-state index in [1.54, 1.807) is 0 Å². The van der Waals surface area contributed by atoms with Crippen LogP contribution in [0.3, 0.4) is 0 Å². The molecule has 1 saturated carbocycles. The zero-order chi connectivity index (χ0) is 10.8. The van der Waals surface area contributed by atoms with E-state index in [0.29, 0.717) is 25.3 Å². The summed E-state index contributed by atoms with van der Waals surface area (Å²) in [6.07, 6.45) is 3.90. The fraction of sp³-hybridized carbons (Fsp3) is 0.818. The van der Waals surface area contributed by atoms with Crippen molar-refractivity contribution in [1.29, 1.82) is 0 Å². The normalized spacial score (nSPS) is 31.7. The van der Waals surface area contributed by atoms with Gasteiger partial charge in [-0.15, -0.1) is 0 Å². The smallest absolute Gasteiger partial charge is 0.229 e. The number of nitrogens with zero attached hydrogens (tertiary/aromatic N) is 1.